The highest BCUT2D eigenvalue weighted by Gasteiger charge is 2.21. The van der Waals surface area contributed by atoms with Gasteiger partial charge in [-0.1, -0.05) is 30.3 Å². The molecule has 0 unspecified atom stereocenters. The average molecular weight is 177 g/mol. The van der Waals surface area contributed by atoms with Gasteiger partial charge in [0.25, 0.3) is 0 Å². The SMILES string of the molecule is CC(=N)OC(C)(C)c1ccccc1. The molecule has 13 heavy (non-hydrogen) atoms. The van der Waals surface area contributed by atoms with E-state index in [1.54, 1.807) is 6.92 Å². The van der Waals surface area contributed by atoms with Crippen LogP contribution >= 0.6 is 0 Å². The van der Waals surface area contributed by atoms with Crippen LogP contribution in [0, 0.1) is 5.41 Å². The first-order valence-electron chi connectivity index (χ1n) is 4.32. The van der Waals surface area contributed by atoms with Crippen LogP contribution in [0.1, 0.15) is 26.3 Å². The third-order valence-corrected chi connectivity index (χ3v) is 1.88. The molecule has 0 atom stereocenters. The van der Waals surface area contributed by atoms with Gasteiger partial charge in [-0.3, -0.25) is 5.41 Å². The highest BCUT2D eigenvalue weighted by molar-refractivity contribution is 5.70. The number of benzene rings is 1. The molecule has 0 spiro atoms. The summed E-state index contributed by atoms with van der Waals surface area (Å²) in [6.45, 7) is 5.56. The van der Waals surface area contributed by atoms with Crippen LogP contribution in [0.15, 0.2) is 30.3 Å². The van der Waals surface area contributed by atoms with E-state index in [0.717, 1.165) is 5.56 Å². The normalized spacial score (nSPS) is 11.0. The Kier molecular flexibility index (Phi) is 2.71. The molecule has 2 heteroatoms. The van der Waals surface area contributed by atoms with Crippen molar-refractivity contribution in [2.45, 2.75) is 26.4 Å². The summed E-state index contributed by atoms with van der Waals surface area (Å²) in [5, 5.41) is 7.28. The summed E-state index contributed by atoms with van der Waals surface area (Å²) in [4.78, 5) is 0. The summed E-state index contributed by atoms with van der Waals surface area (Å²) in [6, 6.07) is 9.92. The van der Waals surface area contributed by atoms with E-state index in [9.17, 15) is 0 Å². The molecule has 0 heterocycles. The molecule has 0 radical (unpaired) electrons. The standard InChI is InChI=1S/C11H15NO/c1-9(12)13-11(2,3)10-7-5-4-6-8-10/h4-8,12H,1-3H3. The highest BCUT2D eigenvalue weighted by atomic mass is 16.5. The minimum absolute atomic E-state index is 0.244. The Morgan fingerprint density at radius 3 is 2.23 bits per heavy atom. The zero-order valence-electron chi connectivity index (χ0n) is 8.29. The fourth-order valence-corrected chi connectivity index (χ4v) is 1.28. The van der Waals surface area contributed by atoms with Gasteiger partial charge in [-0.25, -0.2) is 0 Å². The maximum atomic E-state index is 7.28. The van der Waals surface area contributed by atoms with E-state index >= 15 is 0 Å². The minimum Gasteiger partial charge on any atom is -0.471 e. The Balaban J connectivity index is 2.87. The molecule has 1 aromatic carbocycles. The second-order valence-electron chi connectivity index (χ2n) is 3.53. The third kappa shape index (κ3) is 2.58. The second kappa shape index (κ2) is 3.60. The largest absolute Gasteiger partial charge is 0.471 e. The fraction of sp³-hybridized carbons (Fsp3) is 0.364. The molecule has 0 aromatic heterocycles. The van der Waals surface area contributed by atoms with Crippen molar-refractivity contribution in [1.82, 2.24) is 0 Å². The second-order valence-corrected chi connectivity index (χ2v) is 3.53. The molecule has 2 nitrogen and oxygen atoms in total. The van der Waals surface area contributed by atoms with E-state index in [0.29, 0.717) is 0 Å². The maximum Gasteiger partial charge on any atom is 0.178 e. The summed E-state index contributed by atoms with van der Waals surface area (Å²) in [5.41, 5.74) is 0.675. The van der Waals surface area contributed by atoms with E-state index < -0.39 is 5.60 Å². The predicted octanol–water partition coefficient (Wildman–Crippen LogP) is 2.94. The molecule has 70 valence electrons. The number of hydrogen-bond acceptors (Lipinski definition) is 2. The summed E-state index contributed by atoms with van der Waals surface area (Å²) in [6.07, 6.45) is 0. The first-order valence-corrected chi connectivity index (χ1v) is 4.32. The van der Waals surface area contributed by atoms with Crippen LogP contribution in [-0.4, -0.2) is 5.90 Å². The van der Waals surface area contributed by atoms with E-state index in [2.05, 4.69) is 0 Å². The van der Waals surface area contributed by atoms with E-state index in [-0.39, 0.29) is 5.90 Å². The molecule has 0 saturated heterocycles. The Bertz CT molecular complexity index is 290. The molecule has 0 fully saturated rings. The first kappa shape index (κ1) is 9.78. The van der Waals surface area contributed by atoms with E-state index in [1.165, 1.54) is 0 Å². The molecule has 0 saturated carbocycles. The Morgan fingerprint density at radius 2 is 1.77 bits per heavy atom. The molecular formula is C11H15NO. The zero-order valence-corrected chi connectivity index (χ0v) is 8.29. The van der Waals surface area contributed by atoms with Crippen LogP contribution in [0.2, 0.25) is 0 Å². The topological polar surface area (TPSA) is 33.1 Å². The smallest absolute Gasteiger partial charge is 0.178 e. The minimum atomic E-state index is -0.410. The van der Waals surface area contributed by atoms with Gasteiger partial charge in [0.05, 0.1) is 0 Å². The summed E-state index contributed by atoms with van der Waals surface area (Å²) >= 11 is 0. The van der Waals surface area contributed by atoms with Crippen LogP contribution in [-0.2, 0) is 10.3 Å². The van der Waals surface area contributed by atoms with Crippen molar-refractivity contribution >= 4 is 5.90 Å². The zero-order chi connectivity index (χ0) is 9.90. The van der Waals surface area contributed by atoms with Gasteiger partial charge in [0, 0.05) is 6.92 Å². The lowest BCUT2D eigenvalue weighted by atomic mass is 9.98. The quantitative estimate of drug-likeness (QED) is 0.546. The molecular weight excluding hydrogens is 162 g/mol. The Labute approximate surface area is 79.1 Å². The van der Waals surface area contributed by atoms with Gasteiger partial charge in [-0.05, 0) is 19.4 Å². The van der Waals surface area contributed by atoms with Crippen LogP contribution in [0.5, 0.6) is 0 Å². The van der Waals surface area contributed by atoms with Crippen molar-refractivity contribution in [1.29, 1.82) is 5.41 Å². The number of hydrogen-bond donors (Lipinski definition) is 1. The fourth-order valence-electron chi connectivity index (χ4n) is 1.28. The van der Waals surface area contributed by atoms with Gasteiger partial charge < -0.3 is 4.74 Å². The lowest BCUT2D eigenvalue weighted by molar-refractivity contribution is 0.0915. The number of ether oxygens (including phenoxy) is 1. The molecule has 0 bridgehead atoms. The predicted molar refractivity (Wildman–Crippen MR) is 54.0 cm³/mol. The van der Waals surface area contributed by atoms with Gasteiger partial charge in [0.2, 0.25) is 0 Å². The molecule has 0 aliphatic rings. The van der Waals surface area contributed by atoms with Crippen molar-refractivity contribution in [2.24, 2.45) is 0 Å². The summed E-state index contributed by atoms with van der Waals surface area (Å²) in [7, 11) is 0. The van der Waals surface area contributed by atoms with Gasteiger partial charge in [0.1, 0.15) is 5.60 Å². The van der Waals surface area contributed by atoms with Crippen molar-refractivity contribution in [2.75, 3.05) is 0 Å². The molecule has 0 aliphatic heterocycles. The van der Waals surface area contributed by atoms with Crippen LogP contribution < -0.4 is 0 Å². The molecule has 1 aromatic rings. The van der Waals surface area contributed by atoms with Crippen molar-refractivity contribution in [3.63, 3.8) is 0 Å². The highest BCUT2D eigenvalue weighted by Crippen LogP contribution is 2.24. The molecule has 1 rings (SSSR count). The van der Waals surface area contributed by atoms with Crippen molar-refractivity contribution < 1.29 is 4.74 Å². The average Bonchev–Trinajstić information content (AvgIpc) is 2.04. The van der Waals surface area contributed by atoms with Gasteiger partial charge >= 0.3 is 0 Å². The van der Waals surface area contributed by atoms with Crippen LogP contribution in [0.3, 0.4) is 0 Å². The first-order chi connectivity index (χ1) is 6.02. The lowest BCUT2D eigenvalue weighted by Crippen LogP contribution is -2.23. The summed E-state index contributed by atoms with van der Waals surface area (Å²) < 4.78 is 5.41. The van der Waals surface area contributed by atoms with E-state index in [1.807, 2.05) is 44.2 Å². The molecule has 1 N–H and O–H groups in total. The summed E-state index contributed by atoms with van der Waals surface area (Å²) in [5.74, 6) is 0.244. The number of rotatable bonds is 2. The van der Waals surface area contributed by atoms with Gasteiger partial charge in [-0.2, -0.15) is 0 Å². The maximum absolute atomic E-state index is 7.28. The van der Waals surface area contributed by atoms with Crippen LogP contribution in [0.25, 0.3) is 0 Å². The van der Waals surface area contributed by atoms with Crippen LogP contribution in [0.4, 0.5) is 0 Å². The Hall–Kier alpha value is -1.31. The van der Waals surface area contributed by atoms with Crippen molar-refractivity contribution in [3.8, 4) is 0 Å². The van der Waals surface area contributed by atoms with Crippen molar-refractivity contribution in [3.05, 3.63) is 35.9 Å². The Morgan fingerprint density at radius 1 is 1.23 bits per heavy atom. The molecule has 0 amide bonds. The molecule has 0 aliphatic carbocycles. The number of nitrogens with one attached hydrogen (secondary N) is 1. The monoisotopic (exact) mass is 177 g/mol. The van der Waals surface area contributed by atoms with E-state index in [4.69, 9.17) is 10.1 Å². The van der Waals surface area contributed by atoms with Gasteiger partial charge in [0.15, 0.2) is 5.90 Å². The lowest BCUT2D eigenvalue weighted by Gasteiger charge is -2.25. The third-order valence-electron chi connectivity index (χ3n) is 1.88. The van der Waals surface area contributed by atoms with Gasteiger partial charge in [-0.15, -0.1) is 0 Å².